The Balaban J connectivity index is 1.31. The number of aromatic nitrogens is 3. The zero-order valence-electron chi connectivity index (χ0n) is 14.9. The van der Waals surface area contributed by atoms with Crippen LogP contribution in [0.5, 0.6) is 0 Å². The van der Waals surface area contributed by atoms with Crippen molar-refractivity contribution in [2.24, 2.45) is 5.92 Å². The molecule has 3 aromatic rings. The standard InChI is InChI=1S/C18H18N4O5S/c23-17-6-5-14(12-1-2-12)20-22(17)10-11-8-21(9-11)28(25,26)13-3-4-15-16(7-13)27-18(24)19-15/h3-7,11-12H,1-2,8-10H2,(H,19,24). The molecule has 0 atom stereocenters. The van der Waals surface area contributed by atoms with E-state index < -0.39 is 15.8 Å². The molecule has 1 aliphatic heterocycles. The van der Waals surface area contributed by atoms with E-state index in [1.807, 2.05) is 0 Å². The molecule has 28 heavy (non-hydrogen) atoms. The number of benzene rings is 1. The first-order valence-corrected chi connectivity index (χ1v) is 10.6. The number of hydrogen-bond donors (Lipinski definition) is 1. The summed E-state index contributed by atoms with van der Waals surface area (Å²) in [7, 11) is -3.68. The Morgan fingerprint density at radius 2 is 1.93 bits per heavy atom. The van der Waals surface area contributed by atoms with Crippen molar-refractivity contribution in [3.63, 3.8) is 0 Å². The first-order valence-electron chi connectivity index (χ1n) is 9.11. The largest absolute Gasteiger partial charge is 0.417 e. The molecular weight excluding hydrogens is 384 g/mol. The van der Waals surface area contributed by atoms with E-state index >= 15 is 0 Å². The molecular formula is C18H18N4O5S. The van der Waals surface area contributed by atoms with Crippen LogP contribution in [0.25, 0.3) is 11.1 Å². The van der Waals surface area contributed by atoms with Gasteiger partial charge in [-0.05, 0) is 31.0 Å². The van der Waals surface area contributed by atoms with E-state index in [1.54, 1.807) is 6.07 Å². The topological polar surface area (TPSA) is 118 Å². The van der Waals surface area contributed by atoms with Gasteiger partial charge in [0.15, 0.2) is 5.58 Å². The monoisotopic (exact) mass is 402 g/mol. The summed E-state index contributed by atoms with van der Waals surface area (Å²) in [6, 6.07) is 7.62. The van der Waals surface area contributed by atoms with Crippen molar-refractivity contribution in [2.75, 3.05) is 13.1 Å². The highest BCUT2D eigenvalue weighted by atomic mass is 32.2. The number of H-pyrrole nitrogens is 1. The van der Waals surface area contributed by atoms with Gasteiger partial charge in [-0.2, -0.15) is 9.40 Å². The molecule has 9 nitrogen and oxygen atoms in total. The van der Waals surface area contributed by atoms with Gasteiger partial charge < -0.3 is 4.42 Å². The number of aromatic amines is 1. The molecule has 1 aromatic carbocycles. The van der Waals surface area contributed by atoms with Gasteiger partial charge in [0.2, 0.25) is 10.0 Å². The van der Waals surface area contributed by atoms with Gasteiger partial charge >= 0.3 is 5.76 Å². The first-order chi connectivity index (χ1) is 13.4. The van der Waals surface area contributed by atoms with E-state index in [2.05, 4.69) is 10.1 Å². The molecule has 0 bridgehead atoms. The third-order valence-electron chi connectivity index (χ3n) is 5.27. The highest BCUT2D eigenvalue weighted by molar-refractivity contribution is 7.89. The maximum absolute atomic E-state index is 12.8. The van der Waals surface area contributed by atoms with Crippen LogP contribution in [0.15, 0.2) is 49.2 Å². The minimum atomic E-state index is -3.68. The van der Waals surface area contributed by atoms with Gasteiger partial charge in [-0.25, -0.2) is 17.9 Å². The van der Waals surface area contributed by atoms with Crippen molar-refractivity contribution >= 4 is 21.1 Å². The average Bonchev–Trinajstić information content (AvgIpc) is 3.39. The summed E-state index contributed by atoms with van der Waals surface area (Å²) in [6.07, 6.45) is 2.21. The normalized spacial score (nSPS) is 18.4. The third-order valence-corrected chi connectivity index (χ3v) is 7.10. The van der Waals surface area contributed by atoms with E-state index in [0.29, 0.717) is 31.1 Å². The summed E-state index contributed by atoms with van der Waals surface area (Å²) < 4.78 is 33.3. The quantitative estimate of drug-likeness (QED) is 0.677. The third kappa shape index (κ3) is 2.98. The van der Waals surface area contributed by atoms with Gasteiger partial charge in [0.05, 0.1) is 22.7 Å². The number of hydrogen-bond acceptors (Lipinski definition) is 6. The zero-order valence-corrected chi connectivity index (χ0v) is 15.7. The lowest BCUT2D eigenvalue weighted by molar-refractivity contribution is 0.172. The van der Waals surface area contributed by atoms with Crippen molar-refractivity contribution < 1.29 is 12.8 Å². The van der Waals surface area contributed by atoms with Crippen molar-refractivity contribution in [3.05, 3.63) is 56.9 Å². The fourth-order valence-electron chi connectivity index (χ4n) is 3.51. The summed E-state index contributed by atoms with van der Waals surface area (Å²) in [5, 5.41) is 4.43. The molecule has 0 unspecified atom stereocenters. The molecule has 10 heteroatoms. The Bertz CT molecular complexity index is 1280. The van der Waals surface area contributed by atoms with Crippen LogP contribution >= 0.6 is 0 Å². The Hall–Kier alpha value is -2.72. The second-order valence-corrected chi connectivity index (χ2v) is 9.35. The number of fused-ring (bicyclic) bond motifs is 1. The maximum atomic E-state index is 12.8. The smallest absolute Gasteiger partial charge is 0.408 e. The minimum absolute atomic E-state index is 0.0309. The predicted molar refractivity (Wildman–Crippen MR) is 99.6 cm³/mol. The fraction of sp³-hybridized carbons (Fsp3) is 0.389. The molecule has 0 spiro atoms. The first kappa shape index (κ1) is 17.4. The van der Waals surface area contributed by atoms with Crippen LogP contribution in [-0.4, -0.2) is 40.6 Å². The molecule has 1 saturated heterocycles. The van der Waals surface area contributed by atoms with Crippen LogP contribution < -0.4 is 11.3 Å². The number of nitrogens with one attached hydrogen (secondary N) is 1. The number of nitrogens with zero attached hydrogens (tertiary/aromatic N) is 3. The molecule has 0 amide bonds. The van der Waals surface area contributed by atoms with Gasteiger partial charge in [-0.15, -0.1) is 0 Å². The Labute approximate surface area is 159 Å². The number of rotatable bonds is 5. The minimum Gasteiger partial charge on any atom is -0.408 e. The molecule has 2 aromatic heterocycles. The van der Waals surface area contributed by atoms with Gasteiger partial charge in [-0.1, -0.05) is 0 Å². The zero-order chi connectivity index (χ0) is 19.5. The van der Waals surface area contributed by atoms with Crippen molar-refractivity contribution in [1.82, 2.24) is 19.1 Å². The molecule has 5 rings (SSSR count). The summed E-state index contributed by atoms with van der Waals surface area (Å²) in [5.41, 5.74) is 1.42. The molecule has 146 valence electrons. The van der Waals surface area contributed by atoms with Gasteiger partial charge in [0, 0.05) is 37.1 Å². The molecule has 1 saturated carbocycles. The number of sulfonamides is 1. The van der Waals surface area contributed by atoms with Gasteiger partial charge in [0.25, 0.3) is 5.56 Å². The van der Waals surface area contributed by atoms with Gasteiger partial charge in [0.1, 0.15) is 0 Å². The Kier molecular flexibility index (Phi) is 3.81. The summed E-state index contributed by atoms with van der Waals surface area (Å²) >= 11 is 0. The van der Waals surface area contributed by atoms with E-state index in [4.69, 9.17) is 4.42 Å². The number of oxazole rings is 1. The molecule has 2 fully saturated rings. The SMILES string of the molecule is O=c1[nH]c2ccc(S(=O)(=O)N3CC(Cn4nc(C5CC5)ccc4=O)C3)cc2o1. The summed E-state index contributed by atoms with van der Waals surface area (Å²) in [6.45, 7) is 1.04. The van der Waals surface area contributed by atoms with Crippen LogP contribution in [0.3, 0.4) is 0 Å². The summed E-state index contributed by atoms with van der Waals surface area (Å²) in [4.78, 5) is 25.9. The van der Waals surface area contributed by atoms with Crippen molar-refractivity contribution in [2.45, 2.75) is 30.2 Å². The fourth-order valence-corrected chi connectivity index (χ4v) is 5.11. The van der Waals surface area contributed by atoms with Crippen molar-refractivity contribution in [3.8, 4) is 0 Å². The van der Waals surface area contributed by atoms with Crippen LogP contribution in [0, 0.1) is 5.92 Å². The van der Waals surface area contributed by atoms with E-state index in [1.165, 1.54) is 33.3 Å². The molecule has 0 radical (unpaired) electrons. The highest BCUT2D eigenvalue weighted by Gasteiger charge is 2.37. The second-order valence-electron chi connectivity index (χ2n) is 7.41. The van der Waals surface area contributed by atoms with Crippen molar-refractivity contribution in [1.29, 1.82) is 0 Å². The molecule has 1 N–H and O–H groups in total. The average molecular weight is 402 g/mol. The van der Waals surface area contributed by atoms with Crippen LogP contribution in [-0.2, 0) is 16.6 Å². The lowest BCUT2D eigenvalue weighted by Crippen LogP contribution is -2.52. The summed E-state index contributed by atoms with van der Waals surface area (Å²) in [5.74, 6) is -0.142. The van der Waals surface area contributed by atoms with Crippen LogP contribution in [0.4, 0.5) is 0 Å². The molecule has 1 aliphatic carbocycles. The second kappa shape index (κ2) is 6.14. The Morgan fingerprint density at radius 1 is 1.14 bits per heavy atom. The van der Waals surface area contributed by atoms with E-state index in [-0.39, 0.29) is 22.0 Å². The lowest BCUT2D eigenvalue weighted by atomic mass is 10.0. The van der Waals surface area contributed by atoms with Crippen LogP contribution in [0.2, 0.25) is 0 Å². The maximum Gasteiger partial charge on any atom is 0.417 e. The van der Waals surface area contributed by atoms with E-state index in [0.717, 1.165) is 18.5 Å². The lowest BCUT2D eigenvalue weighted by Gasteiger charge is -2.38. The molecule has 3 heterocycles. The Morgan fingerprint density at radius 3 is 2.68 bits per heavy atom. The predicted octanol–water partition coefficient (Wildman–Crippen LogP) is 0.876. The van der Waals surface area contributed by atoms with E-state index in [9.17, 15) is 18.0 Å². The van der Waals surface area contributed by atoms with Crippen LogP contribution in [0.1, 0.15) is 24.5 Å². The highest BCUT2D eigenvalue weighted by Crippen LogP contribution is 2.38. The molecule has 2 aliphatic rings. The van der Waals surface area contributed by atoms with Gasteiger partial charge in [-0.3, -0.25) is 9.78 Å².